The van der Waals surface area contributed by atoms with Gasteiger partial charge in [-0.15, -0.1) is 0 Å². The summed E-state index contributed by atoms with van der Waals surface area (Å²) in [5.41, 5.74) is 3.66. The van der Waals surface area contributed by atoms with Crippen LogP contribution in [0.25, 0.3) is 0 Å². The number of ether oxygens (including phenoxy) is 2. The van der Waals surface area contributed by atoms with Crippen LogP contribution >= 0.6 is 0 Å². The molecule has 0 radical (unpaired) electrons. The number of benzene rings is 3. The van der Waals surface area contributed by atoms with E-state index in [0.29, 0.717) is 0 Å². The second kappa shape index (κ2) is 11.9. The molecule has 0 saturated carbocycles. The molecule has 0 spiro atoms. The van der Waals surface area contributed by atoms with E-state index >= 15 is 0 Å². The number of piperazine rings is 1. The van der Waals surface area contributed by atoms with Gasteiger partial charge >= 0.3 is 0 Å². The monoisotopic (exact) mass is 430 g/mol. The third-order valence-electron chi connectivity index (χ3n) is 6.24. The van der Waals surface area contributed by atoms with E-state index in [1.165, 1.54) is 16.7 Å². The van der Waals surface area contributed by atoms with Crippen molar-refractivity contribution in [3.05, 3.63) is 108 Å². The van der Waals surface area contributed by atoms with Gasteiger partial charge in [0.2, 0.25) is 0 Å². The zero-order chi connectivity index (χ0) is 22.0. The number of rotatable bonds is 10. The Morgan fingerprint density at radius 1 is 0.656 bits per heavy atom. The van der Waals surface area contributed by atoms with Crippen molar-refractivity contribution in [1.82, 2.24) is 9.80 Å². The first-order chi connectivity index (χ1) is 15.8. The molecule has 3 aromatic carbocycles. The van der Waals surface area contributed by atoms with Gasteiger partial charge in [-0.05, 0) is 16.7 Å². The van der Waals surface area contributed by atoms with Crippen LogP contribution in [0.15, 0.2) is 91.0 Å². The summed E-state index contributed by atoms with van der Waals surface area (Å²) >= 11 is 0. The fourth-order valence-electron chi connectivity index (χ4n) is 4.35. The fraction of sp³-hybridized carbons (Fsp3) is 0.357. The highest BCUT2D eigenvalue weighted by atomic mass is 16.5. The maximum Gasteiger partial charge on any atom is 0.108 e. The summed E-state index contributed by atoms with van der Waals surface area (Å²) in [7, 11) is 1.81. The maximum absolute atomic E-state index is 6.41. The van der Waals surface area contributed by atoms with Gasteiger partial charge in [0.25, 0.3) is 0 Å². The largest absolute Gasteiger partial charge is 0.375 e. The van der Waals surface area contributed by atoms with Gasteiger partial charge in [0.05, 0.1) is 12.7 Å². The second-order valence-corrected chi connectivity index (χ2v) is 8.35. The third kappa shape index (κ3) is 6.27. The molecule has 0 N–H and O–H groups in total. The van der Waals surface area contributed by atoms with Crippen LogP contribution in [-0.2, 0) is 9.47 Å². The van der Waals surface area contributed by atoms with E-state index in [0.717, 1.165) is 45.9 Å². The molecule has 4 nitrogen and oxygen atoms in total. The van der Waals surface area contributed by atoms with E-state index in [2.05, 4.69) is 101 Å². The molecule has 0 bridgehead atoms. The van der Waals surface area contributed by atoms with Crippen molar-refractivity contribution in [1.29, 1.82) is 0 Å². The van der Waals surface area contributed by atoms with Crippen molar-refractivity contribution >= 4 is 0 Å². The van der Waals surface area contributed by atoms with Crippen LogP contribution in [0.1, 0.15) is 28.9 Å². The molecule has 1 aliphatic heterocycles. The van der Waals surface area contributed by atoms with Crippen LogP contribution in [-0.4, -0.2) is 62.8 Å². The number of hydrogen-bond acceptors (Lipinski definition) is 4. The highest BCUT2D eigenvalue weighted by Crippen LogP contribution is 2.25. The minimum Gasteiger partial charge on any atom is -0.375 e. The zero-order valence-electron chi connectivity index (χ0n) is 19.0. The Kier molecular flexibility index (Phi) is 8.46. The molecule has 168 valence electrons. The van der Waals surface area contributed by atoms with Crippen LogP contribution in [0.4, 0.5) is 0 Å². The molecular formula is C28H34N2O2. The first-order valence-electron chi connectivity index (χ1n) is 11.6. The average Bonchev–Trinajstić information content (AvgIpc) is 2.87. The van der Waals surface area contributed by atoms with E-state index in [1.54, 1.807) is 7.11 Å². The summed E-state index contributed by atoms with van der Waals surface area (Å²) in [6, 6.07) is 31.5. The van der Waals surface area contributed by atoms with E-state index < -0.39 is 0 Å². The second-order valence-electron chi connectivity index (χ2n) is 8.35. The third-order valence-corrected chi connectivity index (χ3v) is 6.24. The smallest absolute Gasteiger partial charge is 0.108 e. The van der Waals surface area contributed by atoms with Gasteiger partial charge in [-0.25, -0.2) is 0 Å². The van der Waals surface area contributed by atoms with Crippen molar-refractivity contribution in [3.8, 4) is 0 Å². The summed E-state index contributed by atoms with van der Waals surface area (Å²) in [6.07, 6.45) is 0.107. The minimum atomic E-state index is -0.0213. The average molecular weight is 431 g/mol. The van der Waals surface area contributed by atoms with Gasteiger partial charge in [-0.2, -0.15) is 0 Å². The van der Waals surface area contributed by atoms with E-state index in [-0.39, 0.29) is 12.2 Å². The quantitative estimate of drug-likeness (QED) is 0.461. The van der Waals surface area contributed by atoms with Crippen molar-refractivity contribution in [2.75, 3.05) is 53.0 Å². The molecule has 0 amide bonds. The minimum absolute atomic E-state index is 0.0213. The molecule has 1 fully saturated rings. The van der Waals surface area contributed by atoms with Crippen molar-refractivity contribution in [3.63, 3.8) is 0 Å². The van der Waals surface area contributed by atoms with Crippen LogP contribution in [0.3, 0.4) is 0 Å². The van der Waals surface area contributed by atoms with Gasteiger partial charge in [-0.1, -0.05) is 91.0 Å². The molecule has 0 aromatic heterocycles. The maximum atomic E-state index is 6.41. The predicted molar refractivity (Wildman–Crippen MR) is 130 cm³/mol. The molecule has 1 saturated heterocycles. The topological polar surface area (TPSA) is 24.9 Å². The molecule has 1 heterocycles. The predicted octanol–water partition coefficient (Wildman–Crippen LogP) is 4.80. The molecule has 3 aromatic rings. The van der Waals surface area contributed by atoms with Gasteiger partial charge in [0.1, 0.15) is 6.10 Å². The fourth-order valence-corrected chi connectivity index (χ4v) is 4.35. The molecule has 1 unspecified atom stereocenters. The van der Waals surface area contributed by atoms with E-state index in [4.69, 9.17) is 9.47 Å². The number of methoxy groups -OCH3 is 1. The highest BCUT2D eigenvalue weighted by molar-refractivity contribution is 5.29. The summed E-state index contributed by atoms with van der Waals surface area (Å²) in [4.78, 5) is 5.02. The summed E-state index contributed by atoms with van der Waals surface area (Å²) < 4.78 is 12.2. The van der Waals surface area contributed by atoms with Gasteiger partial charge in [-0.3, -0.25) is 9.80 Å². The lowest BCUT2D eigenvalue weighted by Crippen LogP contribution is -2.48. The Balaban J connectivity index is 1.25. The van der Waals surface area contributed by atoms with Gasteiger partial charge < -0.3 is 9.47 Å². The first-order valence-corrected chi connectivity index (χ1v) is 11.6. The van der Waals surface area contributed by atoms with Crippen LogP contribution in [0.5, 0.6) is 0 Å². The SMILES string of the molecule is COC(CN1CCN(CCOC(c2ccccc2)c2ccccc2)CC1)c1ccccc1. The van der Waals surface area contributed by atoms with Crippen LogP contribution < -0.4 is 0 Å². The molecular weight excluding hydrogens is 396 g/mol. The molecule has 32 heavy (non-hydrogen) atoms. The van der Waals surface area contributed by atoms with Crippen LogP contribution in [0, 0.1) is 0 Å². The standard InChI is InChI=1S/C28H34N2O2/c1-31-27(24-11-5-2-6-12-24)23-30-19-17-29(18-20-30)21-22-32-28(25-13-7-3-8-14-25)26-15-9-4-10-16-26/h2-16,27-28H,17-23H2,1H3. The summed E-state index contributed by atoms with van der Waals surface area (Å²) in [5.74, 6) is 0. The molecule has 1 aliphatic rings. The van der Waals surface area contributed by atoms with Crippen LogP contribution in [0.2, 0.25) is 0 Å². The van der Waals surface area contributed by atoms with Crippen molar-refractivity contribution in [2.45, 2.75) is 12.2 Å². The Labute approximate surface area is 192 Å². The molecule has 0 aliphatic carbocycles. The van der Waals surface area contributed by atoms with E-state index in [1.807, 2.05) is 0 Å². The molecule has 4 heteroatoms. The van der Waals surface area contributed by atoms with Gasteiger partial charge in [0.15, 0.2) is 0 Å². The normalized spacial score (nSPS) is 16.3. The first kappa shape index (κ1) is 22.7. The Morgan fingerprint density at radius 2 is 1.12 bits per heavy atom. The molecule has 4 rings (SSSR count). The lowest BCUT2D eigenvalue weighted by molar-refractivity contribution is 0.0244. The highest BCUT2D eigenvalue weighted by Gasteiger charge is 2.21. The number of nitrogens with zero attached hydrogens (tertiary/aromatic N) is 2. The Morgan fingerprint density at radius 3 is 1.62 bits per heavy atom. The lowest BCUT2D eigenvalue weighted by atomic mass is 10.0. The lowest BCUT2D eigenvalue weighted by Gasteiger charge is -2.36. The zero-order valence-corrected chi connectivity index (χ0v) is 19.0. The van der Waals surface area contributed by atoms with Crippen molar-refractivity contribution < 1.29 is 9.47 Å². The van der Waals surface area contributed by atoms with E-state index in [9.17, 15) is 0 Å². The summed E-state index contributed by atoms with van der Waals surface area (Å²) in [5, 5.41) is 0. The van der Waals surface area contributed by atoms with Crippen molar-refractivity contribution in [2.24, 2.45) is 0 Å². The Bertz CT molecular complexity index is 857. The van der Waals surface area contributed by atoms with Gasteiger partial charge in [0, 0.05) is 46.4 Å². The Hall–Kier alpha value is -2.50. The number of hydrogen-bond donors (Lipinski definition) is 0. The molecule has 1 atom stereocenters. The summed E-state index contributed by atoms with van der Waals surface area (Å²) in [6.45, 7) is 6.87.